The third-order valence-electron chi connectivity index (χ3n) is 3.01. The van der Waals surface area contributed by atoms with Gasteiger partial charge in [0.05, 0.1) is 13.2 Å². The van der Waals surface area contributed by atoms with E-state index in [1.54, 1.807) is 0 Å². The van der Waals surface area contributed by atoms with Crippen molar-refractivity contribution in [3.63, 3.8) is 0 Å². The number of hydrogen-bond acceptors (Lipinski definition) is 5. The molecule has 20 heavy (non-hydrogen) atoms. The average Bonchev–Trinajstić information content (AvgIpc) is 2.74. The predicted molar refractivity (Wildman–Crippen MR) is 77.7 cm³/mol. The van der Waals surface area contributed by atoms with E-state index in [1.807, 2.05) is 25.3 Å². The van der Waals surface area contributed by atoms with Crippen LogP contribution in [0.1, 0.15) is 49.9 Å². The first-order valence-corrected chi connectivity index (χ1v) is 7.06. The summed E-state index contributed by atoms with van der Waals surface area (Å²) in [5.41, 5.74) is 6.20. The second-order valence-electron chi connectivity index (χ2n) is 4.89. The SMILES string of the molecule is CCc1nc(C(=O)OC)c(N)n1CCCCOC(C)C. The van der Waals surface area contributed by atoms with E-state index in [0.717, 1.165) is 38.2 Å². The summed E-state index contributed by atoms with van der Waals surface area (Å²) in [5.74, 6) is 0.713. The number of hydrogen-bond donors (Lipinski definition) is 1. The second-order valence-corrected chi connectivity index (χ2v) is 4.89. The molecule has 0 radical (unpaired) electrons. The molecule has 0 amide bonds. The summed E-state index contributed by atoms with van der Waals surface area (Å²) in [7, 11) is 1.33. The molecule has 1 aromatic heterocycles. The zero-order chi connectivity index (χ0) is 15.1. The minimum absolute atomic E-state index is 0.211. The molecule has 6 heteroatoms. The Morgan fingerprint density at radius 1 is 1.40 bits per heavy atom. The van der Waals surface area contributed by atoms with Crippen LogP contribution in [0.5, 0.6) is 0 Å². The summed E-state index contributed by atoms with van der Waals surface area (Å²) in [6, 6.07) is 0. The molecule has 6 nitrogen and oxygen atoms in total. The van der Waals surface area contributed by atoms with E-state index in [2.05, 4.69) is 9.72 Å². The first-order valence-electron chi connectivity index (χ1n) is 7.06. The van der Waals surface area contributed by atoms with Crippen molar-refractivity contribution in [3.05, 3.63) is 11.5 Å². The van der Waals surface area contributed by atoms with Crippen molar-refractivity contribution in [3.8, 4) is 0 Å². The van der Waals surface area contributed by atoms with E-state index in [-0.39, 0.29) is 11.8 Å². The number of nitrogen functional groups attached to an aromatic ring is 1. The molecule has 0 aromatic carbocycles. The number of aromatic nitrogens is 2. The van der Waals surface area contributed by atoms with Gasteiger partial charge in [0.1, 0.15) is 11.6 Å². The molecule has 0 saturated heterocycles. The molecule has 0 bridgehead atoms. The normalized spacial score (nSPS) is 11.1. The molecule has 114 valence electrons. The van der Waals surface area contributed by atoms with Crippen LogP contribution >= 0.6 is 0 Å². The highest BCUT2D eigenvalue weighted by Crippen LogP contribution is 2.17. The highest BCUT2D eigenvalue weighted by atomic mass is 16.5. The number of aryl methyl sites for hydroxylation is 1. The van der Waals surface area contributed by atoms with Crippen molar-refractivity contribution < 1.29 is 14.3 Å². The minimum atomic E-state index is -0.487. The number of rotatable bonds is 8. The molecule has 0 aliphatic heterocycles. The number of imidazole rings is 1. The number of esters is 1. The number of anilines is 1. The van der Waals surface area contributed by atoms with Crippen LogP contribution in [0, 0.1) is 0 Å². The van der Waals surface area contributed by atoms with Crippen LogP contribution in [0.15, 0.2) is 0 Å². The first-order chi connectivity index (χ1) is 9.51. The van der Waals surface area contributed by atoms with Crippen molar-refractivity contribution in [2.75, 3.05) is 19.5 Å². The molecule has 0 unspecified atom stereocenters. The maximum atomic E-state index is 11.6. The Morgan fingerprint density at radius 3 is 2.65 bits per heavy atom. The van der Waals surface area contributed by atoms with E-state index in [9.17, 15) is 4.79 Å². The number of carbonyl (C=O) groups excluding carboxylic acids is 1. The van der Waals surface area contributed by atoms with Crippen molar-refractivity contribution >= 4 is 11.8 Å². The number of unbranched alkanes of at least 4 members (excludes halogenated alkanes) is 1. The third kappa shape index (κ3) is 4.23. The monoisotopic (exact) mass is 283 g/mol. The van der Waals surface area contributed by atoms with Gasteiger partial charge in [-0.05, 0) is 26.7 Å². The zero-order valence-corrected chi connectivity index (χ0v) is 12.8. The maximum Gasteiger partial charge on any atom is 0.360 e. The van der Waals surface area contributed by atoms with E-state index < -0.39 is 5.97 Å². The summed E-state index contributed by atoms with van der Waals surface area (Å²) in [6.45, 7) is 7.50. The molecule has 0 fully saturated rings. The van der Waals surface area contributed by atoms with Gasteiger partial charge < -0.3 is 19.8 Å². The van der Waals surface area contributed by atoms with Crippen LogP contribution in [-0.2, 0) is 22.4 Å². The fourth-order valence-corrected chi connectivity index (χ4v) is 1.97. The highest BCUT2D eigenvalue weighted by Gasteiger charge is 2.19. The first kappa shape index (κ1) is 16.5. The van der Waals surface area contributed by atoms with Crippen LogP contribution in [0.3, 0.4) is 0 Å². The number of methoxy groups -OCH3 is 1. The van der Waals surface area contributed by atoms with E-state index in [1.165, 1.54) is 7.11 Å². The Hall–Kier alpha value is -1.56. The third-order valence-corrected chi connectivity index (χ3v) is 3.01. The summed E-state index contributed by atoms with van der Waals surface area (Å²) in [4.78, 5) is 15.8. The van der Waals surface area contributed by atoms with Crippen LogP contribution in [0.2, 0.25) is 0 Å². The Morgan fingerprint density at radius 2 is 2.10 bits per heavy atom. The van der Waals surface area contributed by atoms with Crippen molar-refractivity contribution in [1.29, 1.82) is 0 Å². The highest BCUT2D eigenvalue weighted by molar-refractivity contribution is 5.92. The van der Waals surface area contributed by atoms with Crippen LogP contribution in [-0.4, -0.2) is 35.3 Å². The van der Waals surface area contributed by atoms with Gasteiger partial charge in [0, 0.05) is 19.6 Å². The minimum Gasteiger partial charge on any atom is -0.464 e. The fraction of sp³-hybridized carbons (Fsp3) is 0.714. The Balaban J connectivity index is 2.64. The Labute approximate surface area is 120 Å². The molecular weight excluding hydrogens is 258 g/mol. The van der Waals surface area contributed by atoms with E-state index >= 15 is 0 Å². The molecule has 0 saturated carbocycles. The molecule has 1 aromatic rings. The number of carbonyl (C=O) groups is 1. The summed E-state index contributed by atoms with van der Waals surface area (Å²) in [5, 5.41) is 0. The number of ether oxygens (including phenoxy) is 2. The van der Waals surface area contributed by atoms with Crippen LogP contribution < -0.4 is 5.73 Å². The molecule has 0 aliphatic carbocycles. The lowest BCUT2D eigenvalue weighted by Crippen LogP contribution is -2.10. The van der Waals surface area contributed by atoms with E-state index in [4.69, 9.17) is 10.5 Å². The molecular formula is C14H25N3O3. The summed E-state index contributed by atoms with van der Waals surface area (Å²) in [6.07, 6.45) is 2.86. The molecule has 1 rings (SSSR count). The average molecular weight is 283 g/mol. The largest absolute Gasteiger partial charge is 0.464 e. The molecule has 0 aliphatic rings. The lowest BCUT2D eigenvalue weighted by Gasteiger charge is -2.10. The summed E-state index contributed by atoms with van der Waals surface area (Å²) >= 11 is 0. The lowest BCUT2D eigenvalue weighted by atomic mass is 10.3. The molecule has 0 atom stereocenters. The predicted octanol–water partition coefficient (Wildman–Crippen LogP) is 2.02. The van der Waals surface area contributed by atoms with Crippen LogP contribution in [0.4, 0.5) is 5.82 Å². The van der Waals surface area contributed by atoms with Gasteiger partial charge in [-0.25, -0.2) is 9.78 Å². The summed E-state index contributed by atoms with van der Waals surface area (Å²) < 4.78 is 12.1. The van der Waals surface area contributed by atoms with Crippen molar-refractivity contribution in [2.45, 2.75) is 52.7 Å². The quantitative estimate of drug-likeness (QED) is 0.583. The smallest absolute Gasteiger partial charge is 0.360 e. The Kier molecular flexibility index (Phi) is 6.51. The van der Waals surface area contributed by atoms with Gasteiger partial charge in [-0.2, -0.15) is 0 Å². The van der Waals surface area contributed by atoms with Gasteiger partial charge in [-0.1, -0.05) is 6.92 Å². The van der Waals surface area contributed by atoms with Gasteiger partial charge in [0.25, 0.3) is 0 Å². The van der Waals surface area contributed by atoms with Crippen molar-refractivity contribution in [1.82, 2.24) is 9.55 Å². The topological polar surface area (TPSA) is 79.4 Å². The standard InChI is InChI=1S/C14H25N3O3/c1-5-11-16-12(14(18)19-4)13(15)17(11)8-6-7-9-20-10(2)3/h10H,5-9,15H2,1-4H3. The lowest BCUT2D eigenvalue weighted by molar-refractivity contribution is 0.0595. The van der Waals surface area contributed by atoms with E-state index in [0.29, 0.717) is 5.82 Å². The van der Waals surface area contributed by atoms with Gasteiger partial charge in [0.15, 0.2) is 5.69 Å². The van der Waals surface area contributed by atoms with Gasteiger partial charge in [0.2, 0.25) is 0 Å². The number of nitrogens with zero attached hydrogens (tertiary/aromatic N) is 2. The molecule has 2 N–H and O–H groups in total. The number of nitrogens with two attached hydrogens (primary N) is 1. The Bertz CT molecular complexity index is 441. The maximum absolute atomic E-state index is 11.6. The van der Waals surface area contributed by atoms with Gasteiger partial charge >= 0.3 is 5.97 Å². The van der Waals surface area contributed by atoms with Crippen molar-refractivity contribution in [2.24, 2.45) is 0 Å². The fourth-order valence-electron chi connectivity index (χ4n) is 1.97. The zero-order valence-electron chi connectivity index (χ0n) is 12.8. The van der Waals surface area contributed by atoms with Gasteiger partial charge in [-0.3, -0.25) is 0 Å². The molecule has 0 spiro atoms. The second kappa shape index (κ2) is 7.89. The van der Waals surface area contributed by atoms with Crippen LogP contribution in [0.25, 0.3) is 0 Å². The van der Waals surface area contributed by atoms with Gasteiger partial charge in [-0.15, -0.1) is 0 Å². The molecule has 1 heterocycles.